The highest BCUT2D eigenvalue weighted by Crippen LogP contribution is 2.19. The Morgan fingerprint density at radius 2 is 2.00 bits per heavy atom. The van der Waals surface area contributed by atoms with Crippen molar-refractivity contribution in [1.82, 2.24) is 5.32 Å². The van der Waals surface area contributed by atoms with Crippen LogP contribution in [-0.4, -0.2) is 43.2 Å². The van der Waals surface area contributed by atoms with E-state index >= 15 is 0 Å². The van der Waals surface area contributed by atoms with Gasteiger partial charge in [0.1, 0.15) is 12.4 Å². The molecule has 0 unspecified atom stereocenters. The number of carbonyl (C=O) groups is 1. The second-order valence-corrected chi connectivity index (χ2v) is 8.93. The number of aliphatic hydroxyl groups is 1. The first-order valence-electron chi connectivity index (χ1n) is 7.62. The second-order valence-electron chi connectivity index (χ2n) is 5.74. The van der Waals surface area contributed by atoms with Crippen molar-refractivity contribution >= 4 is 32.9 Å². The van der Waals surface area contributed by atoms with E-state index in [1.165, 1.54) is 0 Å². The number of benzene rings is 1. The van der Waals surface area contributed by atoms with Crippen LogP contribution >= 0.6 is 11.3 Å². The molecule has 1 saturated heterocycles. The van der Waals surface area contributed by atoms with E-state index in [0.717, 1.165) is 4.88 Å². The number of ether oxygens (including phenoxy) is 1. The number of anilines is 1. The fourth-order valence-electron chi connectivity index (χ4n) is 2.49. The quantitative estimate of drug-likeness (QED) is 0.729. The van der Waals surface area contributed by atoms with Crippen molar-refractivity contribution in [2.75, 3.05) is 16.8 Å². The van der Waals surface area contributed by atoms with E-state index in [9.17, 15) is 18.3 Å². The summed E-state index contributed by atoms with van der Waals surface area (Å²) in [5.74, 6) is 0.0994. The topological polar surface area (TPSA) is 105 Å². The van der Waals surface area contributed by atoms with Crippen LogP contribution < -0.4 is 15.4 Å². The highest BCUT2D eigenvalue weighted by molar-refractivity contribution is 7.91. The number of aliphatic hydroxyl groups excluding tert-OH is 1. The molecule has 2 atom stereocenters. The van der Waals surface area contributed by atoms with Gasteiger partial charge in [-0.25, -0.2) is 13.2 Å². The average molecular weight is 382 g/mol. The van der Waals surface area contributed by atoms with E-state index in [4.69, 9.17) is 4.74 Å². The molecule has 1 aromatic carbocycles. The van der Waals surface area contributed by atoms with Gasteiger partial charge in [-0.1, -0.05) is 6.07 Å². The molecule has 9 heteroatoms. The summed E-state index contributed by atoms with van der Waals surface area (Å²) in [7, 11) is -3.30. The van der Waals surface area contributed by atoms with Crippen molar-refractivity contribution in [2.24, 2.45) is 0 Å². The van der Waals surface area contributed by atoms with Crippen LogP contribution in [0.25, 0.3) is 0 Å². The number of rotatable bonds is 5. The molecule has 2 heterocycles. The number of nitrogens with one attached hydrogen (secondary N) is 2. The third kappa shape index (κ3) is 4.94. The fraction of sp³-hybridized carbons (Fsp3) is 0.312. The number of thiophene rings is 1. The standard InChI is InChI=1S/C16H18N2O5S2/c19-15-10-25(21,22)9-14(15)18-16(20)17-11-3-5-12(6-4-11)23-8-13-2-1-7-24-13/h1-7,14-15,19H,8-10H2,(H2,17,18,20)/t14-,15-/m1/s1. The summed E-state index contributed by atoms with van der Waals surface area (Å²) >= 11 is 1.62. The highest BCUT2D eigenvalue weighted by atomic mass is 32.2. The lowest BCUT2D eigenvalue weighted by molar-refractivity contribution is 0.167. The van der Waals surface area contributed by atoms with Crippen molar-refractivity contribution in [3.63, 3.8) is 0 Å². The Morgan fingerprint density at radius 1 is 1.24 bits per heavy atom. The van der Waals surface area contributed by atoms with Gasteiger partial charge >= 0.3 is 6.03 Å². The van der Waals surface area contributed by atoms with Crippen molar-refractivity contribution in [3.05, 3.63) is 46.7 Å². The number of carbonyl (C=O) groups excluding carboxylic acids is 1. The number of hydrogen-bond donors (Lipinski definition) is 3. The van der Waals surface area contributed by atoms with Gasteiger partial charge in [0.25, 0.3) is 0 Å². The normalized spacial score (nSPS) is 21.6. The maximum absolute atomic E-state index is 11.9. The molecule has 0 bridgehead atoms. The second kappa shape index (κ2) is 7.42. The van der Waals surface area contributed by atoms with Gasteiger partial charge in [-0.15, -0.1) is 11.3 Å². The van der Waals surface area contributed by atoms with Gasteiger partial charge in [-0.3, -0.25) is 0 Å². The molecule has 0 saturated carbocycles. The van der Waals surface area contributed by atoms with Crippen molar-refractivity contribution < 1.29 is 23.1 Å². The number of sulfone groups is 1. The van der Waals surface area contributed by atoms with Gasteiger partial charge in [0.2, 0.25) is 0 Å². The van der Waals surface area contributed by atoms with Crippen LogP contribution in [-0.2, 0) is 16.4 Å². The molecular weight excluding hydrogens is 364 g/mol. The van der Waals surface area contributed by atoms with Crippen LogP contribution in [0.5, 0.6) is 5.75 Å². The molecule has 2 amide bonds. The Bertz CT molecular complexity index is 819. The zero-order valence-electron chi connectivity index (χ0n) is 13.2. The summed E-state index contributed by atoms with van der Waals surface area (Å²) in [4.78, 5) is 13.1. The van der Waals surface area contributed by atoms with Crippen LogP contribution in [0.15, 0.2) is 41.8 Å². The van der Waals surface area contributed by atoms with E-state index < -0.39 is 28.0 Å². The van der Waals surface area contributed by atoms with Crippen molar-refractivity contribution in [2.45, 2.75) is 18.8 Å². The number of hydrogen-bond acceptors (Lipinski definition) is 6. The Labute approximate surface area is 149 Å². The summed E-state index contributed by atoms with van der Waals surface area (Å²) in [5, 5.41) is 16.7. The van der Waals surface area contributed by atoms with E-state index in [-0.39, 0.29) is 11.5 Å². The maximum atomic E-state index is 11.9. The smallest absolute Gasteiger partial charge is 0.319 e. The molecule has 1 aliphatic rings. The van der Waals surface area contributed by atoms with Gasteiger partial charge in [0, 0.05) is 10.6 Å². The first-order valence-corrected chi connectivity index (χ1v) is 10.3. The minimum atomic E-state index is -3.30. The molecule has 0 aliphatic carbocycles. The van der Waals surface area contributed by atoms with E-state index in [1.54, 1.807) is 35.6 Å². The van der Waals surface area contributed by atoms with Gasteiger partial charge < -0.3 is 20.5 Å². The number of amides is 2. The highest BCUT2D eigenvalue weighted by Gasteiger charge is 2.37. The Balaban J connectivity index is 1.50. The predicted octanol–water partition coefficient (Wildman–Crippen LogP) is 1.61. The molecule has 3 rings (SSSR count). The lowest BCUT2D eigenvalue weighted by Gasteiger charge is -2.15. The first-order chi connectivity index (χ1) is 11.9. The third-order valence-corrected chi connectivity index (χ3v) is 6.28. The summed E-state index contributed by atoms with van der Waals surface area (Å²) in [6.45, 7) is 0.485. The monoisotopic (exact) mass is 382 g/mol. The average Bonchev–Trinajstić information content (AvgIpc) is 3.14. The summed E-state index contributed by atoms with van der Waals surface area (Å²) < 4.78 is 28.5. The first kappa shape index (κ1) is 17.7. The van der Waals surface area contributed by atoms with E-state index in [0.29, 0.717) is 18.0 Å². The van der Waals surface area contributed by atoms with Gasteiger partial charge in [0.05, 0.1) is 23.7 Å². The molecule has 1 aromatic heterocycles. The van der Waals surface area contributed by atoms with E-state index in [1.807, 2.05) is 17.5 Å². The Hall–Kier alpha value is -2.10. The zero-order chi connectivity index (χ0) is 17.9. The van der Waals surface area contributed by atoms with Crippen LogP contribution in [0.1, 0.15) is 4.88 Å². The summed E-state index contributed by atoms with van der Waals surface area (Å²) in [5.41, 5.74) is 0.538. The lowest BCUT2D eigenvalue weighted by Crippen LogP contribution is -2.44. The minimum Gasteiger partial charge on any atom is -0.488 e. The molecule has 2 aromatic rings. The molecule has 1 aliphatic heterocycles. The summed E-state index contributed by atoms with van der Waals surface area (Å²) in [6, 6.07) is 9.43. The van der Waals surface area contributed by atoms with Gasteiger partial charge in [-0.05, 0) is 35.7 Å². The minimum absolute atomic E-state index is 0.253. The molecule has 0 radical (unpaired) electrons. The van der Waals surface area contributed by atoms with Crippen LogP contribution in [0.2, 0.25) is 0 Å². The molecule has 3 N–H and O–H groups in total. The van der Waals surface area contributed by atoms with Crippen LogP contribution in [0.4, 0.5) is 10.5 Å². The zero-order valence-corrected chi connectivity index (χ0v) is 14.8. The molecule has 0 spiro atoms. The largest absolute Gasteiger partial charge is 0.488 e. The van der Waals surface area contributed by atoms with Crippen molar-refractivity contribution in [3.8, 4) is 5.75 Å². The fourth-order valence-corrected chi connectivity index (χ4v) is 4.84. The SMILES string of the molecule is O=C(Nc1ccc(OCc2cccs2)cc1)N[C@@H]1CS(=O)(=O)C[C@H]1O. The Morgan fingerprint density at radius 3 is 2.60 bits per heavy atom. The molecule has 7 nitrogen and oxygen atoms in total. The lowest BCUT2D eigenvalue weighted by atomic mass is 10.2. The maximum Gasteiger partial charge on any atom is 0.319 e. The molecular formula is C16H18N2O5S2. The molecule has 134 valence electrons. The van der Waals surface area contributed by atoms with Gasteiger partial charge in [0.15, 0.2) is 9.84 Å². The van der Waals surface area contributed by atoms with Crippen LogP contribution in [0, 0.1) is 0 Å². The van der Waals surface area contributed by atoms with E-state index in [2.05, 4.69) is 10.6 Å². The van der Waals surface area contributed by atoms with Gasteiger partial charge in [-0.2, -0.15) is 0 Å². The van der Waals surface area contributed by atoms with Crippen molar-refractivity contribution in [1.29, 1.82) is 0 Å². The number of urea groups is 1. The third-order valence-electron chi connectivity index (χ3n) is 3.71. The summed E-state index contributed by atoms with van der Waals surface area (Å²) in [6.07, 6.45) is -1.08. The van der Waals surface area contributed by atoms with Crippen LogP contribution in [0.3, 0.4) is 0 Å². The Kier molecular flexibility index (Phi) is 5.26. The molecule has 1 fully saturated rings. The molecule has 25 heavy (non-hydrogen) atoms. The predicted molar refractivity (Wildman–Crippen MR) is 95.7 cm³/mol.